The molecule has 0 radical (unpaired) electrons. The van der Waals surface area contributed by atoms with Crippen LogP contribution in [-0.4, -0.2) is 43.6 Å². The van der Waals surface area contributed by atoms with Gasteiger partial charge in [-0.15, -0.1) is 5.10 Å². The summed E-state index contributed by atoms with van der Waals surface area (Å²) >= 11 is 0. The number of carbonyl (C=O) groups is 1. The predicted molar refractivity (Wildman–Crippen MR) is 83.6 cm³/mol. The van der Waals surface area contributed by atoms with Gasteiger partial charge in [-0.05, 0) is 41.8 Å². The van der Waals surface area contributed by atoms with Crippen molar-refractivity contribution in [3.05, 3.63) is 41.7 Å². The van der Waals surface area contributed by atoms with Crippen molar-refractivity contribution < 1.29 is 4.79 Å². The molecule has 0 N–H and O–H groups in total. The molecule has 0 saturated heterocycles. The van der Waals surface area contributed by atoms with E-state index >= 15 is 0 Å². The molecule has 0 atom stereocenters. The molecule has 1 aliphatic carbocycles. The van der Waals surface area contributed by atoms with Crippen molar-refractivity contribution in [1.29, 1.82) is 0 Å². The average molecular weight is 297 g/mol. The molecule has 22 heavy (non-hydrogen) atoms. The van der Waals surface area contributed by atoms with E-state index in [2.05, 4.69) is 15.5 Å². The van der Waals surface area contributed by atoms with E-state index in [4.69, 9.17) is 0 Å². The molecule has 0 spiro atoms. The van der Waals surface area contributed by atoms with E-state index in [0.717, 1.165) is 24.9 Å². The Balaban J connectivity index is 1.69. The lowest BCUT2D eigenvalue weighted by atomic mass is 10.2. The van der Waals surface area contributed by atoms with Crippen LogP contribution in [0.3, 0.4) is 0 Å². The highest BCUT2D eigenvalue weighted by Crippen LogP contribution is 2.26. The number of nitrogens with zero attached hydrogens (tertiary/aromatic N) is 5. The Morgan fingerprint density at radius 3 is 2.77 bits per heavy atom. The van der Waals surface area contributed by atoms with E-state index in [0.29, 0.717) is 11.9 Å². The van der Waals surface area contributed by atoms with Gasteiger partial charge in [-0.3, -0.25) is 4.79 Å². The number of carbonyl (C=O) groups excluding carboxylic acids is 1. The van der Waals surface area contributed by atoms with Gasteiger partial charge in [0, 0.05) is 12.6 Å². The Labute approximate surface area is 129 Å². The van der Waals surface area contributed by atoms with Crippen LogP contribution in [0.15, 0.2) is 30.3 Å². The van der Waals surface area contributed by atoms with E-state index in [1.165, 1.54) is 0 Å². The lowest BCUT2D eigenvalue weighted by molar-refractivity contribution is -0.132. The van der Waals surface area contributed by atoms with Gasteiger partial charge in [0.1, 0.15) is 6.54 Å². The van der Waals surface area contributed by atoms with Gasteiger partial charge < -0.3 is 4.90 Å². The highest BCUT2D eigenvalue weighted by Gasteiger charge is 2.31. The van der Waals surface area contributed by atoms with Crippen LogP contribution in [-0.2, 0) is 11.3 Å². The molecule has 1 fully saturated rings. The maximum atomic E-state index is 12.3. The Bertz CT molecular complexity index is 660. The van der Waals surface area contributed by atoms with Crippen molar-refractivity contribution in [1.82, 2.24) is 25.1 Å². The molecule has 114 valence electrons. The molecule has 1 aliphatic rings. The first kappa shape index (κ1) is 14.4. The molecule has 1 saturated carbocycles. The Kier molecular flexibility index (Phi) is 4.27. The van der Waals surface area contributed by atoms with E-state index in [9.17, 15) is 4.79 Å². The summed E-state index contributed by atoms with van der Waals surface area (Å²) in [7, 11) is 0. The summed E-state index contributed by atoms with van der Waals surface area (Å²) in [5.41, 5.74) is 1.07. The fourth-order valence-corrected chi connectivity index (χ4v) is 2.42. The Morgan fingerprint density at radius 1 is 1.32 bits per heavy atom. The topological polar surface area (TPSA) is 63.9 Å². The molecule has 1 heterocycles. The fourth-order valence-electron chi connectivity index (χ4n) is 2.42. The normalized spacial score (nSPS) is 14.4. The van der Waals surface area contributed by atoms with Gasteiger partial charge in [0.15, 0.2) is 5.82 Å². The molecule has 1 aromatic heterocycles. The summed E-state index contributed by atoms with van der Waals surface area (Å²) in [6.45, 7) is 2.93. The minimum Gasteiger partial charge on any atom is -0.338 e. The molecule has 0 aliphatic heterocycles. The van der Waals surface area contributed by atoms with Crippen LogP contribution >= 0.6 is 0 Å². The van der Waals surface area contributed by atoms with Crippen LogP contribution in [0.25, 0.3) is 12.2 Å². The van der Waals surface area contributed by atoms with Crippen molar-refractivity contribution in [3.8, 4) is 0 Å². The lowest BCUT2D eigenvalue weighted by Gasteiger charge is -2.20. The minimum absolute atomic E-state index is 0.0756. The predicted octanol–water partition coefficient (Wildman–Crippen LogP) is 1.85. The highest BCUT2D eigenvalue weighted by atomic mass is 16.2. The second-order valence-corrected chi connectivity index (χ2v) is 5.35. The van der Waals surface area contributed by atoms with Crippen molar-refractivity contribution in [2.75, 3.05) is 6.54 Å². The monoisotopic (exact) mass is 297 g/mol. The first-order valence-electron chi connectivity index (χ1n) is 7.56. The number of rotatable bonds is 6. The number of amides is 1. The summed E-state index contributed by atoms with van der Waals surface area (Å²) < 4.78 is 1.55. The smallest absolute Gasteiger partial charge is 0.244 e. The first-order valence-corrected chi connectivity index (χ1v) is 7.56. The third-order valence-electron chi connectivity index (χ3n) is 3.72. The quantitative estimate of drug-likeness (QED) is 0.816. The standard InChI is InChI=1S/C16H19N5O/c1-2-20(14-9-10-14)16(22)12-21-15(17-18-19-21)11-8-13-6-4-3-5-7-13/h3-8,11,14H,2,9-10,12H2,1H3. The number of hydrogen-bond acceptors (Lipinski definition) is 4. The van der Waals surface area contributed by atoms with Crippen LogP contribution in [0.4, 0.5) is 0 Å². The van der Waals surface area contributed by atoms with Crippen LogP contribution in [0, 0.1) is 0 Å². The van der Waals surface area contributed by atoms with Gasteiger partial charge in [-0.25, -0.2) is 4.68 Å². The molecule has 0 bridgehead atoms. The van der Waals surface area contributed by atoms with Gasteiger partial charge in [0.2, 0.25) is 5.91 Å². The zero-order chi connectivity index (χ0) is 15.4. The second kappa shape index (κ2) is 6.51. The zero-order valence-corrected chi connectivity index (χ0v) is 12.6. The van der Waals surface area contributed by atoms with E-state index in [-0.39, 0.29) is 12.5 Å². The minimum atomic E-state index is 0.0756. The average Bonchev–Trinajstić information content (AvgIpc) is 3.27. The van der Waals surface area contributed by atoms with Gasteiger partial charge >= 0.3 is 0 Å². The maximum absolute atomic E-state index is 12.3. The molecule has 2 aromatic rings. The summed E-state index contributed by atoms with van der Waals surface area (Å²) in [5, 5.41) is 11.6. The van der Waals surface area contributed by atoms with E-state index in [1.807, 2.05) is 54.3 Å². The molecule has 6 heteroatoms. The van der Waals surface area contributed by atoms with Gasteiger partial charge in [0.25, 0.3) is 0 Å². The first-order chi connectivity index (χ1) is 10.8. The Hall–Kier alpha value is -2.50. The zero-order valence-electron chi connectivity index (χ0n) is 12.6. The number of tetrazole rings is 1. The highest BCUT2D eigenvalue weighted by molar-refractivity contribution is 5.77. The van der Waals surface area contributed by atoms with Crippen molar-refractivity contribution in [2.45, 2.75) is 32.4 Å². The maximum Gasteiger partial charge on any atom is 0.244 e. The fraction of sp³-hybridized carbons (Fsp3) is 0.375. The molecule has 0 unspecified atom stereocenters. The second-order valence-electron chi connectivity index (χ2n) is 5.35. The number of benzene rings is 1. The van der Waals surface area contributed by atoms with Crippen LogP contribution in [0.2, 0.25) is 0 Å². The molecule has 6 nitrogen and oxygen atoms in total. The molecule has 3 rings (SSSR count). The van der Waals surface area contributed by atoms with E-state index in [1.54, 1.807) is 4.68 Å². The molecule has 1 amide bonds. The van der Waals surface area contributed by atoms with Crippen molar-refractivity contribution in [3.63, 3.8) is 0 Å². The van der Waals surface area contributed by atoms with E-state index < -0.39 is 0 Å². The van der Waals surface area contributed by atoms with Crippen LogP contribution < -0.4 is 0 Å². The summed E-state index contributed by atoms with van der Waals surface area (Å²) in [5.74, 6) is 0.663. The van der Waals surface area contributed by atoms with Crippen molar-refractivity contribution in [2.24, 2.45) is 0 Å². The van der Waals surface area contributed by atoms with Gasteiger partial charge in [-0.2, -0.15) is 0 Å². The number of hydrogen-bond donors (Lipinski definition) is 0. The third-order valence-corrected chi connectivity index (χ3v) is 3.72. The molecular weight excluding hydrogens is 278 g/mol. The van der Waals surface area contributed by atoms with Crippen molar-refractivity contribution >= 4 is 18.1 Å². The largest absolute Gasteiger partial charge is 0.338 e. The summed E-state index contributed by atoms with van der Waals surface area (Å²) in [4.78, 5) is 14.2. The molecular formula is C16H19N5O. The molecule has 1 aromatic carbocycles. The van der Waals surface area contributed by atoms with Gasteiger partial charge in [0.05, 0.1) is 0 Å². The third kappa shape index (κ3) is 3.39. The summed E-state index contributed by atoms with van der Waals surface area (Å²) in [6.07, 6.45) is 5.98. The van der Waals surface area contributed by atoms with Gasteiger partial charge in [-0.1, -0.05) is 36.4 Å². The number of aromatic nitrogens is 4. The summed E-state index contributed by atoms with van der Waals surface area (Å²) in [6, 6.07) is 10.3. The SMILES string of the molecule is CCN(C(=O)Cn1nnnc1C=Cc1ccccc1)C1CC1. The lowest BCUT2D eigenvalue weighted by Crippen LogP contribution is -2.35. The van der Waals surface area contributed by atoms with Crippen LogP contribution in [0.5, 0.6) is 0 Å². The van der Waals surface area contributed by atoms with Crippen LogP contribution in [0.1, 0.15) is 31.2 Å². The number of likely N-dealkylation sites (N-methyl/N-ethyl adjacent to an activating group) is 1. The Morgan fingerprint density at radius 2 is 2.09 bits per heavy atom.